The highest BCUT2D eigenvalue weighted by atomic mass is 16.6. The monoisotopic (exact) mass is 392 g/mol. The van der Waals surface area contributed by atoms with Gasteiger partial charge >= 0.3 is 0 Å². The molecule has 0 aliphatic heterocycles. The van der Waals surface area contributed by atoms with Gasteiger partial charge in [-0.1, -0.05) is 24.3 Å². The predicted octanol–water partition coefficient (Wildman–Crippen LogP) is 3.61. The second-order valence-corrected chi connectivity index (χ2v) is 6.72. The summed E-state index contributed by atoms with van der Waals surface area (Å²) in [5.74, 6) is 0.597. The fraction of sp³-hybridized carbons (Fsp3) is 0.182. The second kappa shape index (κ2) is 8.52. The Morgan fingerprint density at radius 1 is 1.10 bits per heavy atom. The van der Waals surface area contributed by atoms with E-state index < -0.39 is 4.92 Å². The minimum atomic E-state index is -0.445. The van der Waals surface area contributed by atoms with E-state index >= 15 is 0 Å². The molecule has 3 rings (SSSR count). The summed E-state index contributed by atoms with van der Waals surface area (Å²) < 4.78 is 6.96. The Labute approximate surface area is 167 Å². The SMILES string of the molecule is COc1ccc(Cn2cc(CC(C)=O)ccc2=O)cc1-c1cccc([N+](=O)[O-])c1. The van der Waals surface area contributed by atoms with E-state index in [0.717, 1.165) is 11.1 Å². The molecule has 0 amide bonds. The van der Waals surface area contributed by atoms with Crippen molar-refractivity contribution >= 4 is 11.5 Å². The molecule has 29 heavy (non-hydrogen) atoms. The molecule has 0 unspecified atom stereocenters. The maximum absolute atomic E-state index is 12.2. The Hall–Kier alpha value is -3.74. The zero-order chi connectivity index (χ0) is 21.0. The van der Waals surface area contributed by atoms with Gasteiger partial charge in [0.2, 0.25) is 0 Å². The minimum Gasteiger partial charge on any atom is -0.496 e. The number of ether oxygens (including phenoxy) is 1. The number of aromatic nitrogens is 1. The summed E-state index contributed by atoms with van der Waals surface area (Å²) in [6.07, 6.45) is 1.95. The molecule has 0 radical (unpaired) electrons. The van der Waals surface area contributed by atoms with Gasteiger partial charge in [0.05, 0.1) is 18.6 Å². The van der Waals surface area contributed by atoms with Gasteiger partial charge in [0.15, 0.2) is 0 Å². The van der Waals surface area contributed by atoms with Crippen LogP contribution in [0.15, 0.2) is 65.6 Å². The van der Waals surface area contributed by atoms with Gasteiger partial charge in [0.25, 0.3) is 11.2 Å². The minimum absolute atomic E-state index is 0.0110. The summed E-state index contributed by atoms with van der Waals surface area (Å²) in [4.78, 5) is 34.3. The number of nitro benzene ring substituents is 1. The van der Waals surface area contributed by atoms with Crippen molar-refractivity contribution in [2.45, 2.75) is 19.9 Å². The van der Waals surface area contributed by atoms with Crippen LogP contribution in [0.4, 0.5) is 5.69 Å². The Bertz CT molecular complexity index is 1130. The third kappa shape index (κ3) is 4.76. The summed E-state index contributed by atoms with van der Waals surface area (Å²) in [6, 6.07) is 14.9. The molecule has 7 nitrogen and oxygen atoms in total. The average molecular weight is 392 g/mol. The second-order valence-electron chi connectivity index (χ2n) is 6.72. The van der Waals surface area contributed by atoms with Crippen LogP contribution in [-0.2, 0) is 17.8 Å². The molecule has 0 bridgehead atoms. The lowest BCUT2D eigenvalue weighted by molar-refractivity contribution is -0.384. The van der Waals surface area contributed by atoms with E-state index in [0.29, 0.717) is 23.4 Å². The molecule has 0 saturated heterocycles. The normalized spacial score (nSPS) is 10.6. The van der Waals surface area contributed by atoms with Gasteiger partial charge in [-0.3, -0.25) is 19.7 Å². The van der Waals surface area contributed by atoms with Crippen LogP contribution in [0.25, 0.3) is 11.1 Å². The number of Topliss-reactive ketones (excluding diaryl/α,β-unsaturated/α-hetero) is 1. The van der Waals surface area contributed by atoms with E-state index in [4.69, 9.17) is 4.74 Å². The number of non-ortho nitro benzene ring substituents is 1. The number of hydrogen-bond acceptors (Lipinski definition) is 5. The number of carbonyl (C=O) groups is 1. The maximum Gasteiger partial charge on any atom is 0.270 e. The number of methoxy groups -OCH3 is 1. The molecule has 2 aromatic carbocycles. The van der Waals surface area contributed by atoms with Crippen LogP contribution >= 0.6 is 0 Å². The van der Waals surface area contributed by atoms with Crippen molar-refractivity contribution in [3.63, 3.8) is 0 Å². The van der Waals surface area contributed by atoms with Gasteiger partial charge in [-0.2, -0.15) is 0 Å². The summed E-state index contributed by atoms with van der Waals surface area (Å²) in [5.41, 5.74) is 2.75. The first-order chi connectivity index (χ1) is 13.9. The molecule has 0 saturated carbocycles. The lowest BCUT2D eigenvalue weighted by Gasteiger charge is -2.13. The Balaban J connectivity index is 2.00. The van der Waals surface area contributed by atoms with Crippen LogP contribution < -0.4 is 10.3 Å². The van der Waals surface area contributed by atoms with Crippen LogP contribution in [-0.4, -0.2) is 22.4 Å². The molecule has 1 heterocycles. The number of benzene rings is 2. The summed E-state index contributed by atoms with van der Waals surface area (Å²) in [5, 5.41) is 11.1. The van der Waals surface area contributed by atoms with Gasteiger partial charge in [-0.05, 0) is 35.7 Å². The molecule has 1 aromatic heterocycles. The molecular weight excluding hydrogens is 372 g/mol. The van der Waals surface area contributed by atoms with Gasteiger partial charge in [0.1, 0.15) is 11.5 Å². The largest absolute Gasteiger partial charge is 0.496 e. The maximum atomic E-state index is 12.2. The first-order valence-electron chi connectivity index (χ1n) is 8.98. The zero-order valence-corrected chi connectivity index (χ0v) is 16.1. The van der Waals surface area contributed by atoms with Gasteiger partial charge in [0, 0.05) is 36.4 Å². The number of hydrogen-bond donors (Lipinski definition) is 0. The van der Waals surface area contributed by atoms with Crippen LogP contribution in [0, 0.1) is 10.1 Å². The molecule has 0 atom stereocenters. The van der Waals surface area contributed by atoms with Crippen molar-refractivity contribution in [3.05, 3.63) is 92.4 Å². The number of ketones is 1. The highest BCUT2D eigenvalue weighted by Gasteiger charge is 2.12. The van der Waals surface area contributed by atoms with Crippen LogP contribution in [0.2, 0.25) is 0 Å². The zero-order valence-electron chi connectivity index (χ0n) is 16.1. The standard InChI is InChI=1S/C22H20N2O5/c1-15(25)10-16-7-9-22(26)23(13-16)14-17-6-8-21(29-2)20(11-17)18-4-3-5-19(12-18)24(27)28/h3-9,11-13H,10,14H2,1-2H3. The molecule has 148 valence electrons. The summed E-state index contributed by atoms with van der Waals surface area (Å²) in [7, 11) is 1.53. The smallest absolute Gasteiger partial charge is 0.270 e. The Morgan fingerprint density at radius 2 is 1.86 bits per heavy atom. The van der Waals surface area contributed by atoms with Crippen LogP contribution in [0.5, 0.6) is 5.75 Å². The molecule has 0 aliphatic carbocycles. The summed E-state index contributed by atoms with van der Waals surface area (Å²) in [6.45, 7) is 1.81. The van der Waals surface area contributed by atoms with E-state index in [2.05, 4.69) is 0 Å². The molecule has 3 aromatic rings. The lowest BCUT2D eigenvalue weighted by Crippen LogP contribution is -2.20. The highest BCUT2D eigenvalue weighted by molar-refractivity contribution is 5.78. The van der Waals surface area contributed by atoms with E-state index in [-0.39, 0.29) is 23.5 Å². The van der Waals surface area contributed by atoms with Crippen molar-refractivity contribution in [3.8, 4) is 16.9 Å². The van der Waals surface area contributed by atoms with Gasteiger partial charge < -0.3 is 9.30 Å². The Morgan fingerprint density at radius 3 is 2.55 bits per heavy atom. The van der Waals surface area contributed by atoms with Crippen molar-refractivity contribution in [2.75, 3.05) is 7.11 Å². The highest BCUT2D eigenvalue weighted by Crippen LogP contribution is 2.33. The predicted molar refractivity (Wildman–Crippen MR) is 109 cm³/mol. The fourth-order valence-electron chi connectivity index (χ4n) is 3.16. The third-order valence-electron chi connectivity index (χ3n) is 4.48. The quantitative estimate of drug-likeness (QED) is 0.452. The molecule has 0 fully saturated rings. The number of nitrogens with zero attached hydrogens (tertiary/aromatic N) is 2. The van der Waals surface area contributed by atoms with E-state index in [1.54, 1.807) is 30.5 Å². The molecule has 0 spiro atoms. The first-order valence-corrected chi connectivity index (χ1v) is 8.98. The molecule has 7 heteroatoms. The third-order valence-corrected chi connectivity index (χ3v) is 4.48. The van der Waals surface area contributed by atoms with Crippen molar-refractivity contribution in [1.29, 1.82) is 0 Å². The number of pyridine rings is 1. The van der Waals surface area contributed by atoms with E-state index in [1.807, 2.05) is 12.1 Å². The van der Waals surface area contributed by atoms with Crippen molar-refractivity contribution in [2.24, 2.45) is 0 Å². The van der Waals surface area contributed by atoms with E-state index in [9.17, 15) is 19.7 Å². The average Bonchev–Trinajstić information content (AvgIpc) is 2.70. The van der Waals surface area contributed by atoms with Gasteiger partial charge in [-0.15, -0.1) is 0 Å². The lowest BCUT2D eigenvalue weighted by atomic mass is 10.0. The number of rotatable bonds is 7. The van der Waals surface area contributed by atoms with E-state index in [1.165, 1.54) is 36.8 Å². The molecule has 0 N–H and O–H groups in total. The van der Waals surface area contributed by atoms with Crippen LogP contribution in [0.3, 0.4) is 0 Å². The fourth-order valence-corrected chi connectivity index (χ4v) is 3.16. The molecular formula is C22H20N2O5. The Kier molecular flexibility index (Phi) is 5.87. The van der Waals surface area contributed by atoms with Crippen molar-refractivity contribution < 1.29 is 14.5 Å². The van der Waals surface area contributed by atoms with Gasteiger partial charge in [-0.25, -0.2) is 0 Å². The molecule has 0 aliphatic rings. The number of carbonyl (C=O) groups excluding carboxylic acids is 1. The van der Waals surface area contributed by atoms with Crippen molar-refractivity contribution in [1.82, 2.24) is 4.57 Å². The van der Waals surface area contributed by atoms with Crippen LogP contribution in [0.1, 0.15) is 18.1 Å². The first kappa shape index (κ1) is 20.0. The topological polar surface area (TPSA) is 91.4 Å². The number of nitro groups is 1. The summed E-state index contributed by atoms with van der Waals surface area (Å²) >= 11 is 0.